The first kappa shape index (κ1) is 15.6. The Morgan fingerprint density at radius 2 is 2.05 bits per heavy atom. The van der Waals surface area contributed by atoms with E-state index in [2.05, 4.69) is 10.6 Å². The monoisotopic (exact) mass is 306 g/mol. The maximum atomic E-state index is 11.9. The minimum atomic E-state index is -0.132. The first-order valence-corrected chi connectivity index (χ1v) is 7.20. The van der Waals surface area contributed by atoms with Crippen LogP contribution in [0.25, 0.3) is 0 Å². The molecule has 0 aliphatic carbocycles. The minimum absolute atomic E-state index is 0.0412. The molecule has 2 rings (SSSR count). The number of rotatable bonds is 5. The Morgan fingerprint density at radius 1 is 1.33 bits per heavy atom. The van der Waals surface area contributed by atoms with Gasteiger partial charge in [0.1, 0.15) is 11.5 Å². The van der Waals surface area contributed by atoms with Gasteiger partial charge in [-0.15, -0.1) is 0 Å². The van der Waals surface area contributed by atoms with Crippen molar-refractivity contribution >= 4 is 23.2 Å². The van der Waals surface area contributed by atoms with Crippen molar-refractivity contribution in [2.45, 2.75) is 26.8 Å². The molecule has 1 unspecified atom stereocenters. The number of halogens is 1. The summed E-state index contributed by atoms with van der Waals surface area (Å²) in [6.45, 7) is 6.04. The maximum Gasteiger partial charge on any atom is 0.238 e. The zero-order chi connectivity index (χ0) is 15.4. The molecule has 0 radical (unpaired) electrons. The number of carbonyl (C=O) groups excluding carboxylic acids is 1. The van der Waals surface area contributed by atoms with Crippen LogP contribution in [-0.4, -0.2) is 12.5 Å². The summed E-state index contributed by atoms with van der Waals surface area (Å²) < 4.78 is 5.50. The van der Waals surface area contributed by atoms with Gasteiger partial charge in [-0.3, -0.25) is 4.79 Å². The van der Waals surface area contributed by atoms with E-state index in [1.807, 2.05) is 39.0 Å². The molecule has 5 heteroatoms. The van der Waals surface area contributed by atoms with Gasteiger partial charge in [-0.25, -0.2) is 0 Å². The summed E-state index contributed by atoms with van der Waals surface area (Å²) in [5.41, 5.74) is 1.69. The molecule has 21 heavy (non-hydrogen) atoms. The molecule has 0 saturated carbocycles. The van der Waals surface area contributed by atoms with Gasteiger partial charge in [0.2, 0.25) is 5.91 Å². The van der Waals surface area contributed by atoms with E-state index in [1.54, 1.807) is 12.1 Å². The predicted octanol–water partition coefficient (Wildman–Crippen LogP) is 3.84. The standard InChI is InChI=1S/C16H19ClN2O2/c1-10-8-13(12(3)21-10)11(2)18-9-16(20)19-15-7-5-4-6-14(15)17/h4-8,11,18H,9H2,1-3H3,(H,19,20). The van der Waals surface area contributed by atoms with E-state index in [0.717, 1.165) is 17.1 Å². The quantitative estimate of drug-likeness (QED) is 0.882. The SMILES string of the molecule is Cc1cc(C(C)NCC(=O)Nc2ccccc2Cl)c(C)o1. The Bertz CT molecular complexity index is 637. The van der Waals surface area contributed by atoms with Crippen molar-refractivity contribution in [2.24, 2.45) is 0 Å². The Morgan fingerprint density at radius 3 is 2.67 bits per heavy atom. The van der Waals surface area contributed by atoms with Crippen LogP contribution < -0.4 is 10.6 Å². The molecule has 1 aromatic carbocycles. The molecule has 0 fully saturated rings. The number of anilines is 1. The highest BCUT2D eigenvalue weighted by Gasteiger charge is 2.13. The van der Waals surface area contributed by atoms with E-state index in [1.165, 1.54) is 0 Å². The molecule has 0 aliphatic heterocycles. The predicted molar refractivity (Wildman–Crippen MR) is 84.7 cm³/mol. The first-order valence-electron chi connectivity index (χ1n) is 6.82. The third-order valence-corrected chi connectivity index (χ3v) is 3.59. The molecule has 1 atom stereocenters. The van der Waals surface area contributed by atoms with Crippen LogP contribution in [0.1, 0.15) is 30.0 Å². The van der Waals surface area contributed by atoms with E-state index in [9.17, 15) is 4.79 Å². The second-order valence-corrected chi connectivity index (χ2v) is 5.41. The summed E-state index contributed by atoms with van der Waals surface area (Å²) in [7, 11) is 0. The highest BCUT2D eigenvalue weighted by molar-refractivity contribution is 6.33. The summed E-state index contributed by atoms with van der Waals surface area (Å²) in [5, 5.41) is 6.49. The topological polar surface area (TPSA) is 54.3 Å². The van der Waals surface area contributed by atoms with Gasteiger partial charge in [-0.05, 0) is 39.0 Å². The number of carbonyl (C=O) groups is 1. The number of benzene rings is 1. The Kier molecular flexibility index (Phi) is 5.04. The smallest absolute Gasteiger partial charge is 0.238 e. The fourth-order valence-corrected chi connectivity index (χ4v) is 2.38. The third-order valence-electron chi connectivity index (χ3n) is 3.26. The highest BCUT2D eigenvalue weighted by atomic mass is 35.5. The molecule has 4 nitrogen and oxygen atoms in total. The molecule has 112 valence electrons. The van der Waals surface area contributed by atoms with Gasteiger partial charge in [0.15, 0.2) is 0 Å². The summed E-state index contributed by atoms with van der Waals surface area (Å²) in [4.78, 5) is 11.9. The Labute approximate surface area is 129 Å². The Balaban J connectivity index is 1.89. The van der Waals surface area contributed by atoms with E-state index < -0.39 is 0 Å². The van der Waals surface area contributed by atoms with Crippen LogP contribution in [0.15, 0.2) is 34.7 Å². The number of hydrogen-bond acceptors (Lipinski definition) is 3. The number of amides is 1. The minimum Gasteiger partial charge on any atom is -0.466 e. The van der Waals surface area contributed by atoms with Gasteiger partial charge in [-0.2, -0.15) is 0 Å². The summed E-state index contributed by atoms with van der Waals surface area (Å²) >= 11 is 6.00. The third kappa shape index (κ3) is 4.09. The average Bonchev–Trinajstić information content (AvgIpc) is 2.78. The lowest BCUT2D eigenvalue weighted by molar-refractivity contribution is -0.115. The van der Waals surface area contributed by atoms with Crippen LogP contribution in [-0.2, 0) is 4.79 Å². The van der Waals surface area contributed by atoms with Gasteiger partial charge in [0, 0.05) is 11.6 Å². The zero-order valence-corrected chi connectivity index (χ0v) is 13.1. The largest absolute Gasteiger partial charge is 0.466 e. The number of furan rings is 1. The lowest BCUT2D eigenvalue weighted by atomic mass is 10.1. The fraction of sp³-hybridized carbons (Fsp3) is 0.312. The van der Waals surface area contributed by atoms with Gasteiger partial charge < -0.3 is 15.1 Å². The summed E-state index contributed by atoms with van der Waals surface area (Å²) in [6.07, 6.45) is 0. The lowest BCUT2D eigenvalue weighted by Gasteiger charge is -2.13. The molecule has 2 N–H and O–H groups in total. The van der Waals surface area contributed by atoms with Gasteiger partial charge in [-0.1, -0.05) is 23.7 Å². The van der Waals surface area contributed by atoms with Crippen molar-refractivity contribution < 1.29 is 9.21 Å². The molecule has 0 spiro atoms. The van der Waals surface area contributed by atoms with Crippen molar-refractivity contribution in [1.82, 2.24) is 5.32 Å². The van der Waals surface area contributed by atoms with Crippen LogP contribution in [0, 0.1) is 13.8 Å². The van der Waals surface area contributed by atoms with E-state index in [-0.39, 0.29) is 18.5 Å². The zero-order valence-electron chi connectivity index (χ0n) is 12.4. The van der Waals surface area contributed by atoms with Crippen molar-refractivity contribution in [2.75, 3.05) is 11.9 Å². The van der Waals surface area contributed by atoms with Crippen LogP contribution in [0.5, 0.6) is 0 Å². The molecule has 1 heterocycles. The van der Waals surface area contributed by atoms with Crippen LogP contribution >= 0.6 is 11.6 Å². The molecular formula is C16H19ClN2O2. The fourth-order valence-electron chi connectivity index (χ4n) is 2.19. The Hall–Kier alpha value is -1.78. The number of aryl methyl sites for hydroxylation is 2. The second-order valence-electron chi connectivity index (χ2n) is 5.00. The van der Waals surface area contributed by atoms with Crippen LogP contribution in [0.2, 0.25) is 5.02 Å². The average molecular weight is 307 g/mol. The molecule has 1 aromatic heterocycles. The van der Waals surface area contributed by atoms with Gasteiger partial charge >= 0.3 is 0 Å². The number of hydrogen-bond donors (Lipinski definition) is 2. The van der Waals surface area contributed by atoms with E-state index in [0.29, 0.717) is 10.7 Å². The van der Waals surface area contributed by atoms with Crippen molar-refractivity contribution in [1.29, 1.82) is 0 Å². The van der Waals surface area contributed by atoms with Crippen molar-refractivity contribution in [3.63, 3.8) is 0 Å². The van der Waals surface area contributed by atoms with Crippen LogP contribution in [0.4, 0.5) is 5.69 Å². The molecule has 0 aliphatic rings. The van der Waals surface area contributed by atoms with Crippen LogP contribution in [0.3, 0.4) is 0 Å². The first-order chi connectivity index (χ1) is 9.97. The molecule has 0 bridgehead atoms. The molecular weight excluding hydrogens is 288 g/mol. The summed E-state index contributed by atoms with van der Waals surface area (Å²) in [5.74, 6) is 1.61. The normalized spacial score (nSPS) is 12.2. The molecule has 0 saturated heterocycles. The molecule has 2 aromatic rings. The number of para-hydroxylation sites is 1. The second kappa shape index (κ2) is 6.78. The van der Waals surface area contributed by atoms with Crippen molar-refractivity contribution in [3.05, 3.63) is 52.4 Å². The van der Waals surface area contributed by atoms with Crippen molar-refractivity contribution in [3.8, 4) is 0 Å². The molecule has 1 amide bonds. The maximum absolute atomic E-state index is 11.9. The highest BCUT2D eigenvalue weighted by Crippen LogP contribution is 2.22. The van der Waals surface area contributed by atoms with E-state index >= 15 is 0 Å². The summed E-state index contributed by atoms with van der Waals surface area (Å²) in [6, 6.07) is 9.19. The van der Waals surface area contributed by atoms with E-state index in [4.69, 9.17) is 16.0 Å². The number of nitrogens with one attached hydrogen (secondary N) is 2. The lowest BCUT2D eigenvalue weighted by Crippen LogP contribution is -2.30. The van der Waals surface area contributed by atoms with Gasteiger partial charge in [0.25, 0.3) is 0 Å². The van der Waals surface area contributed by atoms with Gasteiger partial charge in [0.05, 0.1) is 17.3 Å².